The van der Waals surface area contributed by atoms with E-state index in [1.807, 2.05) is 0 Å². The van der Waals surface area contributed by atoms with Gasteiger partial charge in [-0.15, -0.1) is 0 Å². The molecule has 5 nitrogen and oxygen atoms in total. The second kappa shape index (κ2) is 4.18. The van der Waals surface area contributed by atoms with E-state index in [1.54, 1.807) is 20.8 Å². The normalized spacial score (nSPS) is 26.5. The molecule has 15 heavy (non-hydrogen) atoms. The van der Waals surface area contributed by atoms with Crippen molar-refractivity contribution in [2.75, 3.05) is 6.54 Å². The Bertz CT molecular complexity index is 259. The van der Waals surface area contributed by atoms with Crippen LogP contribution in [0.25, 0.3) is 0 Å². The zero-order valence-corrected chi connectivity index (χ0v) is 9.27. The summed E-state index contributed by atoms with van der Waals surface area (Å²) in [5.74, 6) is 0. The van der Waals surface area contributed by atoms with Crippen molar-refractivity contribution in [3.63, 3.8) is 0 Å². The maximum Gasteiger partial charge on any atom is 0.410 e. The number of rotatable bonds is 1. The third kappa shape index (κ3) is 2.92. The van der Waals surface area contributed by atoms with Gasteiger partial charge in [0, 0.05) is 6.54 Å². The number of nitrogens with zero attached hydrogens (tertiary/aromatic N) is 1. The van der Waals surface area contributed by atoms with E-state index in [4.69, 9.17) is 4.74 Å². The molecule has 1 heterocycles. The zero-order valence-electron chi connectivity index (χ0n) is 9.27. The van der Waals surface area contributed by atoms with Crippen LogP contribution in [0.15, 0.2) is 0 Å². The summed E-state index contributed by atoms with van der Waals surface area (Å²) in [6.45, 7) is 5.63. The van der Waals surface area contributed by atoms with Crippen molar-refractivity contribution in [1.82, 2.24) is 4.90 Å². The number of ether oxygens (including phenoxy) is 1. The topological polar surface area (TPSA) is 66.8 Å². The minimum absolute atomic E-state index is 0.361. The third-order valence-corrected chi connectivity index (χ3v) is 2.19. The molecular formula is C10H17NO4. The summed E-state index contributed by atoms with van der Waals surface area (Å²) in [5, 5.41) is 9.43. The molecule has 86 valence electrons. The molecule has 1 saturated heterocycles. The zero-order chi connectivity index (χ0) is 11.6. The summed E-state index contributed by atoms with van der Waals surface area (Å²) in [6.07, 6.45) is -0.310. The third-order valence-electron chi connectivity index (χ3n) is 2.19. The average molecular weight is 215 g/mol. The van der Waals surface area contributed by atoms with Gasteiger partial charge in [-0.25, -0.2) is 4.79 Å². The smallest absolute Gasteiger partial charge is 0.410 e. The van der Waals surface area contributed by atoms with Crippen LogP contribution in [-0.2, 0) is 9.53 Å². The van der Waals surface area contributed by atoms with Gasteiger partial charge in [-0.3, -0.25) is 4.90 Å². The van der Waals surface area contributed by atoms with E-state index >= 15 is 0 Å². The molecule has 1 aliphatic rings. The lowest BCUT2D eigenvalue weighted by Gasteiger charge is -2.26. The van der Waals surface area contributed by atoms with Crippen LogP contribution in [0.1, 0.15) is 27.2 Å². The second-order valence-electron chi connectivity index (χ2n) is 4.66. The fourth-order valence-corrected chi connectivity index (χ4v) is 1.50. The maximum absolute atomic E-state index is 11.6. The van der Waals surface area contributed by atoms with Crippen LogP contribution < -0.4 is 0 Å². The predicted molar refractivity (Wildman–Crippen MR) is 53.4 cm³/mol. The molecule has 1 fully saturated rings. The molecule has 1 amide bonds. The highest BCUT2D eigenvalue weighted by atomic mass is 16.6. The molecule has 0 aromatic rings. The average Bonchev–Trinajstić information content (AvgIpc) is 2.43. The fraction of sp³-hybridized carbons (Fsp3) is 0.800. The molecule has 2 atom stereocenters. The second-order valence-corrected chi connectivity index (χ2v) is 4.66. The molecule has 0 aromatic heterocycles. The number of aliphatic hydroxyl groups is 1. The molecular weight excluding hydrogens is 198 g/mol. The Kier molecular flexibility index (Phi) is 3.34. The van der Waals surface area contributed by atoms with Crippen molar-refractivity contribution in [1.29, 1.82) is 0 Å². The van der Waals surface area contributed by atoms with E-state index < -0.39 is 23.8 Å². The van der Waals surface area contributed by atoms with Gasteiger partial charge in [0.1, 0.15) is 17.9 Å². The lowest BCUT2D eigenvalue weighted by molar-refractivity contribution is -0.113. The first-order valence-electron chi connectivity index (χ1n) is 4.98. The molecule has 0 aliphatic carbocycles. The van der Waals surface area contributed by atoms with Crippen molar-refractivity contribution in [3.8, 4) is 0 Å². The van der Waals surface area contributed by atoms with E-state index in [2.05, 4.69) is 0 Å². The lowest BCUT2D eigenvalue weighted by atomic mass is 10.2. The number of aldehydes is 1. The van der Waals surface area contributed by atoms with Gasteiger partial charge in [-0.05, 0) is 27.2 Å². The van der Waals surface area contributed by atoms with Gasteiger partial charge in [0.25, 0.3) is 0 Å². The number of amides is 1. The Labute approximate surface area is 89.0 Å². The quantitative estimate of drug-likeness (QED) is 0.649. The number of carbonyl (C=O) groups is 2. The van der Waals surface area contributed by atoms with Crippen LogP contribution in [0.3, 0.4) is 0 Å². The summed E-state index contributed by atoms with van der Waals surface area (Å²) in [5.41, 5.74) is -0.585. The standard InChI is InChI=1S/C10H17NO4/c1-10(2,3)15-9(14)11-5-4-8(13)7(11)6-12/h6-8,13H,4-5H2,1-3H3. The van der Waals surface area contributed by atoms with E-state index in [-0.39, 0.29) is 0 Å². The number of carbonyl (C=O) groups excluding carboxylic acids is 2. The van der Waals surface area contributed by atoms with Crippen LogP contribution in [0.4, 0.5) is 4.79 Å². The summed E-state index contributed by atoms with van der Waals surface area (Å²) in [6, 6.07) is -0.764. The molecule has 0 aromatic carbocycles. The van der Waals surface area contributed by atoms with Crippen LogP contribution in [0.5, 0.6) is 0 Å². The number of aliphatic hydroxyl groups excluding tert-OH is 1. The van der Waals surface area contributed by atoms with Gasteiger partial charge in [-0.2, -0.15) is 0 Å². The van der Waals surface area contributed by atoms with Gasteiger partial charge in [0.2, 0.25) is 0 Å². The van der Waals surface area contributed by atoms with Crippen molar-refractivity contribution in [2.24, 2.45) is 0 Å². The van der Waals surface area contributed by atoms with Gasteiger partial charge in [-0.1, -0.05) is 0 Å². The van der Waals surface area contributed by atoms with Crippen LogP contribution in [0.2, 0.25) is 0 Å². The molecule has 1 rings (SSSR count). The number of hydrogen-bond acceptors (Lipinski definition) is 4. The Morgan fingerprint density at radius 2 is 2.13 bits per heavy atom. The Hall–Kier alpha value is -1.10. The summed E-state index contributed by atoms with van der Waals surface area (Å²) < 4.78 is 5.12. The molecule has 0 radical (unpaired) electrons. The van der Waals surface area contributed by atoms with E-state index in [1.165, 1.54) is 4.90 Å². The largest absolute Gasteiger partial charge is 0.444 e. The van der Waals surface area contributed by atoms with E-state index in [0.717, 1.165) is 0 Å². The van der Waals surface area contributed by atoms with E-state index in [9.17, 15) is 14.7 Å². The monoisotopic (exact) mass is 215 g/mol. The van der Waals surface area contributed by atoms with Crippen LogP contribution in [0, 0.1) is 0 Å². The Morgan fingerprint density at radius 3 is 2.60 bits per heavy atom. The highest BCUT2D eigenvalue weighted by Gasteiger charge is 2.37. The first-order chi connectivity index (χ1) is 6.85. The number of hydrogen-bond donors (Lipinski definition) is 1. The predicted octanol–water partition coefficient (Wildman–Crippen LogP) is 0.556. The first kappa shape index (κ1) is 12.0. The molecule has 0 bridgehead atoms. The number of likely N-dealkylation sites (tertiary alicyclic amines) is 1. The fourth-order valence-electron chi connectivity index (χ4n) is 1.50. The van der Waals surface area contributed by atoms with Crippen molar-refractivity contribution >= 4 is 12.4 Å². The highest BCUT2D eigenvalue weighted by Crippen LogP contribution is 2.19. The van der Waals surface area contributed by atoms with Gasteiger partial charge >= 0.3 is 6.09 Å². The van der Waals surface area contributed by atoms with Gasteiger partial charge < -0.3 is 14.6 Å². The van der Waals surface area contributed by atoms with E-state index in [0.29, 0.717) is 19.3 Å². The first-order valence-corrected chi connectivity index (χ1v) is 4.98. The van der Waals surface area contributed by atoms with Crippen LogP contribution in [-0.4, -0.2) is 46.7 Å². The molecule has 0 saturated carbocycles. The van der Waals surface area contributed by atoms with Crippen LogP contribution >= 0.6 is 0 Å². The lowest BCUT2D eigenvalue weighted by Crippen LogP contribution is -2.43. The minimum Gasteiger partial charge on any atom is -0.444 e. The summed E-state index contributed by atoms with van der Waals surface area (Å²) in [4.78, 5) is 23.6. The van der Waals surface area contributed by atoms with Crippen molar-refractivity contribution in [3.05, 3.63) is 0 Å². The van der Waals surface area contributed by atoms with Crippen molar-refractivity contribution < 1.29 is 19.4 Å². The highest BCUT2D eigenvalue weighted by molar-refractivity contribution is 5.75. The molecule has 1 N–H and O–H groups in total. The summed E-state index contributed by atoms with van der Waals surface area (Å²) in [7, 11) is 0. The maximum atomic E-state index is 11.6. The molecule has 0 spiro atoms. The van der Waals surface area contributed by atoms with Crippen molar-refractivity contribution in [2.45, 2.75) is 44.9 Å². The van der Waals surface area contributed by atoms with Gasteiger partial charge in [0.05, 0.1) is 6.10 Å². The Morgan fingerprint density at radius 1 is 1.53 bits per heavy atom. The Balaban J connectivity index is 2.64. The minimum atomic E-state index is -0.769. The van der Waals surface area contributed by atoms with Gasteiger partial charge in [0.15, 0.2) is 0 Å². The molecule has 1 aliphatic heterocycles. The molecule has 5 heteroatoms. The molecule has 2 unspecified atom stereocenters. The SMILES string of the molecule is CC(C)(C)OC(=O)N1CCC(O)C1C=O. The summed E-state index contributed by atoms with van der Waals surface area (Å²) >= 11 is 0.